The number of aromatic nitrogens is 3. The highest BCUT2D eigenvalue weighted by atomic mass is 32.2. The summed E-state index contributed by atoms with van der Waals surface area (Å²) < 4.78 is 1.88. The summed E-state index contributed by atoms with van der Waals surface area (Å²) in [5.41, 5.74) is 1.03. The largest absolute Gasteiger partial charge is 0.480 e. The summed E-state index contributed by atoms with van der Waals surface area (Å²) in [6.45, 7) is 1.87. The predicted molar refractivity (Wildman–Crippen MR) is 78.6 cm³/mol. The van der Waals surface area contributed by atoms with Crippen molar-refractivity contribution in [3.05, 3.63) is 47.5 Å². The van der Waals surface area contributed by atoms with Gasteiger partial charge in [-0.25, -0.2) is 0 Å². The van der Waals surface area contributed by atoms with Crippen LogP contribution in [-0.2, 0) is 24.0 Å². The number of carboxylic acid groups (broad SMARTS) is 1. The van der Waals surface area contributed by atoms with Gasteiger partial charge >= 0.3 is 5.97 Å². The molecular formula is C14H17N3O2S. The lowest BCUT2D eigenvalue weighted by molar-refractivity contribution is -0.136. The molecule has 0 fully saturated rings. The lowest BCUT2D eigenvalue weighted by Gasteiger charge is -2.11. The van der Waals surface area contributed by atoms with Crippen molar-refractivity contribution in [1.82, 2.24) is 14.8 Å². The lowest BCUT2D eigenvalue weighted by atomic mass is 10.1. The van der Waals surface area contributed by atoms with Crippen molar-refractivity contribution in [2.75, 3.05) is 0 Å². The van der Waals surface area contributed by atoms with Crippen LogP contribution in [0.3, 0.4) is 0 Å². The number of carboxylic acids is 1. The molecule has 0 amide bonds. The third kappa shape index (κ3) is 3.60. The molecule has 1 unspecified atom stereocenters. The van der Waals surface area contributed by atoms with E-state index in [1.807, 2.05) is 48.9 Å². The standard InChI is InChI=1S/C14H17N3O2S/c1-10-15-16-13(17(10)2)9-20-12(14(18)19)8-11-6-4-3-5-7-11/h3-7,12H,8-9H2,1-2H3,(H,18,19). The van der Waals surface area contributed by atoms with E-state index in [0.717, 1.165) is 17.2 Å². The average molecular weight is 291 g/mol. The van der Waals surface area contributed by atoms with Crippen LogP contribution in [0.25, 0.3) is 0 Å². The molecule has 0 aliphatic rings. The van der Waals surface area contributed by atoms with Gasteiger partial charge in [0.25, 0.3) is 0 Å². The van der Waals surface area contributed by atoms with E-state index in [-0.39, 0.29) is 0 Å². The molecule has 0 spiro atoms. The number of thioether (sulfide) groups is 1. The quantitative estimate of drug-likeness (QED) is 0.882. The smallest absolute Gasteiger partial charge is 0.316 e. The number of benzene rings is 1. The second-order valence-electron chi connectivity index (χ2n) is 4.55. The first-order chi connectivity index (χ1) is 9.58. The minimum atomic E-state index is -0.794. The molecule has 1 heterocycles. The number of rotatable bonds is 6. The molecule has 1 aromatic carbocycles. The molecule has 2 rings (SSSR count). The predicted octanol–water partition coefficient (Wildman–Crippen LogP) is 2.05. The van der Waals surface area contributed by atoms with Gasteiger partial charge < -0.3 is 9.67 Å². The second-order valence-corrected chi connectivity index (χ2v) is 5.74. The number of carbonyl (C=O) groups is 1. The highest BCUT2D eigenvalue weighted by Gasteiger charge is 2.19. The molecule has 0 radical (unpaired) electrons. The van der Waals surface area contributed by atoms with Gasteiger partial charge in [-0.1, -0.05) is 30.3 Å². The molecule has 1 aromatic heterocycles. The zero-order chi connectivity index (χ0) is 14.5. The first kappa shape index (κ1) is 14.6. The van der Waals surface area contributed by atoms with Crippen LogP contribution in [0.5, 0.6) is 0 Å². The molecule has 1 atom stereocenters. The molecule has 20 heavy (non-hydrogen) atoms. The van der Waals surface area contributed by atoms with Crippen molar-refractivity contribution >= 4 is 17.7 Å². The molecule has 106 valence electrons. The van der Waals surface area contributed by atoms with Crippen LogP contribution in [0.2, 0.25) is 0 Å². The fraction of sp³-hybridized carbons (Fsp3) is 0.357. The van der Waals surface area contributed by atoms with Crippen LogP contribution < -0.4 is 0 Å². The van der Waals surface area contributed by atoms with Crippen molar-refractivity contribution in [3.8, 4) is 0 Å². The fourth-order valence-corrected chi connectivity index (χ4v) is 2.85. The van der Waals surface area contributed by atoms with Gasteiger partial charge in [0.2, 0.25) is 0 Å². The maximum absolute atomic E-state index is 11.4. The van der Waals surface area contributed by atoms with Crippen LogP contribution in [0.15, 0.2) is 30.3 Å². The van der Waals surface area contributed by atoms with E-state index in [0.29, 0.717) is 12.2 Å². The SMILES string of the molecule is Cc1nnc(CSC(Cc2ccccc2)C(=O)O)n1C. The first-order valence-corrected chi connectivity index (χ1v) is 7.36. The van der Waals surface area contributed by atoms with E-state index in [9.17, 15) is 9.90 Å². The summed E-state index contributed by atoms with van der Waals surface area (Å²) in [5, 5.41) is 16.9. The van der Waals surface area contributed by atoms with E-state index in [4.69, 9.17) is 0 Å². The first-order valence-electron chi connectivity index (χ1n) is 6.31. The molecule has 0 saturated carbocycles. The van der Waals surface area contributed by atoms with E-state index in [1.54, 1.807) is 0 Å². The van der Waals surface area contributed by atoms with Crippen LogP contribution >= 0.6 is 11.8 Å². The summed E-state index contributed by atoms with van der Waals surface area (Å²) in [5.74, 6) is 1.38. The van der Waals surface area contributed by atoms with Gasteiger partial charge in [0, 0.05) is 7.05 Å². The second kappa shape index (κ2) is 6.56. The Bertz CT molecular complexity index is 583. The minimum Gasteiger partial charge on any atom is -0.480 e. The average Bonchev–Trinajstić information content (AvgIpc) is 2.76. The fourth-order valence-electron chi connectivity index (χ4n) is 1.80. The van der Waals surface area contributed by atoms with Crippen LogP contribution in [0, 0.1) is 6.92 Å². The molecule has 0 bridgehead atoms. The van der Waals surface area contributed by atoms with Crippen LogP contribution in [0.4, 0.5) is 0 Å². The van der Waals surface area contributed by atoms with Crippen molar-refractivity contribution in [2.45, 2.75) is 24.3 Å². The normalized spacial score (nSPS) is 12.3. The van der Waals surface area contributed by atoms with E-state index in [1.165, 1.54) is 11.8 Å². The maximum atomic E-state index is 11.4. The number of nitrogens with zero attached hydrogens (tertiary/aromatic N) is 3. The highest BCUT2D eigenvalue weighted by Crippen LogP contribution is 2.21. The van der Waals surface area contributed by atoms with E-state index >= 15 is 0 Å². The topological polar surface area (TPSA) is 68.0 Å². The Morgan fingerprint density at radius 1 is 1.35 bits per heavy atom. The number of hydrogen-bond acceptors (Lipinski definition) is 4. The molecule has 1 N–H and O–H groups in total. The van der Waals surface area contributed by atoms with Gasteiger partial charge in [0.1, 0.15) is 16.9 Å². The summed E-state index contributed by atoms with van der Waals surface area (Å²) in [6.07, 6.45) is 0.512. The Kier molecular flexibility index (Phi) is 4.79. The van der Waals surface area contributed by atoms with Gasteiger partial charge in [-0.3, -0.25) is 4.79 Å². The summed E-state index contributed by atoms with van der Waals surface area (Å²) in [6, 6.07) is 9.66. The molecule has 5 nitrogen and oxygen atoms in total. The zero-order valence-corrected chi connectivity index (χ0v) is 12.3. The molecule has 0 saturated heterocycles. The number of hydrogen-bond donors (Lipinski definition) is 1. The Hall–Kier alpha value is -1.82. The van der Waals surface area contributed by atoms with Gasteiger partial charge in [-0.2, -0.15) is 0 Å². The zero-order valence-electron chi connectivity index (χ0n) is 11.5. The Morgan fingerprint density at radius 3 is 2.60 bits per heavy atom. The summed E-state index contributed by atoms with van der Waals surface area (Å²) >= 11 is 1.38. The molecule has 0 aliphatic carbocycles. The van der Waals surface area contributed by atoms with Crippen molar-refractivity contribution in [2.24, 2.45) is 7.05 Å². The molecule has 2 aromatic rings. The highest BCUT2D eigenvalue weighted by molar-refractivity contribution is 7.99. The maximum Gasteiger partial charge on any atom is 0.316 e. The summed E-state index contributed by atoms with van der Waals surface area (Å²) in [7, 11) is 1.89. The Balaban J connectivity index is 2.00. The van der Waals surface area contributed by atoms with Crippen molar-refractivity contribution in [1.29, 1.82) is 0 Å². The van der Waals surface area contributed by atoms with E-state index < -0.39 is 11.2 Å². The molecule has 6 heteroatoms. The minimum absolute atomic E-state index is 0.477. The number of aliphatic carboxylic acids is 1. The van der Waals surface area contributed by atoms with Crippen LogP contribution in [-0.4, -0.2) is 31.1 Å². The van der Waals surface area contributed by atoms with Crippen molar-refractivity contribution < 1.29 is 9.90 Å². The third-order valence-electron chi connectivity index (χ3n) is 3.14. The van der Waals surface area contributed by atoms with Gasteiger partial charge in [-0.05, 0) is 18.9 Å². The number of aryl methyl sites for hydroxylation is 1. The Labute approximate surface area is 122 Å². The lowest BCUT2D eigenvalue weighted by Crippen LogP contribution is -2.19. The van der Waals surface area contributed by atoms with Crippen molar-refractivity contribution in [3.63, 3.8) is 0 Å². The molecular weight excluding hydrogens is 274 g/mol. The molecule has 0 aliphatic heterocycles. The third-order valence-corrected chi connectivity index (χ3v) is 4.33. The van der Waals surface area contributed by atoms with Crippen LogP contribution in [0.1, 0.15) is 17.2 Å². The monoisotopic (exact) mass is 291 g/mol. The van der Waals surface area contributed by atoms with Gasteiger partial charge in [0.15, 0.2) is 0 Å². The van der Waals surface area contributed by atoms with Gasteiger partial charge in [-0.15, -0.1) is 22.0 Å². The van der Waals surface area contributed by atoms with Gasteiger partial charge in [0.05, 0.1) is 5.75 Å². The summed E-state index contributed by atoms with van der Waals surface area (Å²) in [4.78, 5) is 11.4. The Morgan fingerprint density at radius 2 is 2.05 bits per heavy atom. The van der Waals surface area contributed by atoms with E-state index in [2.05, 4.69) is 10.2 Å².